The van der Waals surface area contributed by atoms with Crippen LogP contribution < -0.4 is 5.32 Å². The number of carbonyl (C=O) groups is 1. The summed E-state index contributed by atoms with van der Waals surface area (Å²) in [7, 11) is 0. The maximum absolute atomic E-state index is 12.8. The van der Waals surface area contributed by atoms with Crippen LogP contribution in [-0.4, -0.2) is 15.9 Å². The molecule has 8 heteroatoms. The molecule has 4 nitrogen and oxygen atoms in total. The van der Waals surface area contributed by atoms with Crippen LogP contribution in [0.5, 0.6) is 0 Å². The van der Waals surface area contributed by atoms with Crippen molar-refractivity contribution < 1.29 is 18.0 Å². The molecule has 1 amide bonds. The summed E-state index contributed by atoms with van der Waals surface area (Å²) in [6, 6.07) is 15.0. The van der Waals surface area contributed by atoms with Crippen molar-refractivity contribution in [1.82, 2.24) is 9.97 Å². The van der Waals surface area contributed by atoms with Crippen LogP contribution in [0.2, 0.25) is 0 Å². The van der Waals surface area contributed by atoms with E-state index in [4.69, 9.17) is 0 Å². The van der Waals surface area contributed by atoms with Gasteiger partial charge in [0.25, 0.3) is 5.91 Å². The second-order valence-corrected chi connectivity index (χ2v) is 6.93. The molecule has 0 unspecified atom stereocenters. The smallest absolute Gasteiger partial charge is 0.322 e. The number of aromatic nitrogens is 2. The Bertz CT molecular complexity index is 1120. The average molecular weight is 399 g/mol. The first kappa shape index (κ1) is 18.1. The van der Waals surface area contributed by atoms with Gasteiger partial charge in [-0.2, -0.15) is 13.2 Å². The highest BCUT2D eigenvalue weighted by Crippen LogP contribution is 2.31. The summed E-state index contributed by atoms with van der Waals surface area (Å²) in [6.07, 6.45) is -2.79. The molecule has 0 radical (unpaired) electrons. The molecule has 0 saturated heterocycles. The molecule has 4 rings (SSSR count). The van der Waals surface area contributed by atoms with Crippen LogP contribution >= 0.6 is 11.3 Å². The Balaban J connectivity index is 1.52. The summed E-state index contributed by atoms with van der Waals surface area (Å²) >= 11 is 1.45. The number of alkyl halides is 3. The minimum atomic E-state index is -4.50. The standard InChI is InChI=1S/C20H12F3N3OS/c21-20(22,23)14-4-1-3-13(11-14)17(27)25-15-8-6-12(7-9-15)18-26-16-5-2-10-24-19(16)28-18/h1-11H,(H,25,27). The number of thiazole rings is 1. The van der Waals surface area contributed by atoms with Gasteiger partial charge in [0.2, 0.25) is 0 Å². The fourth-order valence-corrected chi connectivity index (χ4v) is 3.54. The third kappa shape index (κ3) is 3.72. The number of pyridine rings is 1. The Morgan fingerprint density at radius 2 is 1.79 bits per heavy atom. The first-order chi connectivity index (χ1) is 13.4. The zero-order valence-electron chi connectivity index (χ0n) is 14.2. The summed E-state index contributed by atoms with van der Waals surface area (Å²) < 4.78 is 38.4. The normalized spacial score (nSPS) is 11.5. The number of halogens is 3. The van der Waals surface area contributed by atoms with Crippen LogP contribution in [0.3, 0.4) is 0 Å². The number of fused-ring (bicyclic) bond motifs is 1. The topological polar surface area (TPSA) is 54.9 Å². The lowest BCUT2D eigenvalue weighted by atomic mass is 10.1. The number of benzene rings is 2. The van der Waals surface area contributed by atoms with Gasteiger partial charge in [0, 0.05) is 23.0 Å². The molecule has 2 aromatic heterocycles. The summed E-state index contributed by atoms with van der Waals surface area (Å²) in [5.74, 6) is -0.608. The van der Waals surface area contributed by atoms with Crippen molar-refractivity contribution in [3.05, 3.63) is 78.0 Å². The molecule has 0 atom stereocenters. The number of anilines is 1. The molecule has 4 aromatic rings. The van der Waals surface area contributed by atoms with E-state index >= 15 is 0 Å². The van der Waals surface area contributed by atoms with Gasteiger partial charge in [0.05, 0.1) is 5.56 Å². The van der Waals surface area contributed by atoms with Crippen LogP contribution in [0.25, 0.3) is 20.9 Å². The molecular formula is C20H12F3N3OS. The van der Waals surface area contributed by atoms with E-state index in [-0.39, 0.29) is 5.56 Å². The predicted molar refractivity (Wildman–Crippen MR) is 102 cm³/mol. The Labute approximate surface area is 161 Å². The average Bonchev–Trinajstić information content (AvgIpc) is 3.12. The molecule has 2 aromatic carbocycles. The predicted octanol–water partition coefficient (Wildman–Crippen LogP) is 5.63. The van der Waals surface area contributed by atoms with Crippen molar-refractivity contribution in [3.8, 4) is 10.6 Å². The highest BCUT2D eigenvalue weighted by molar-refractivity contribution is 7.21. The molecule has 1 N–H and O–H groups in total. The fourth-order valence-electron chi connectivity index (χ4n) is 2.63. The molecule has 140 valence electrons. The van der Waals surface area contributed by atoms with E-state index in [0.29, 0.717) is 5.69 Å². The zero-order chi connectivity index (χ0) is 19.7. The van der Waals surface area contributed by atoms with E-state index in [1.54, 1.807) is 30.5 Å². The van der Waals surface area contributed by atoms with E-state index in [1.165, 1.54) is 23.5 Å². The minimum Gasteiger partial charge on any atom is -0.322 e. The molecule has 0 aliphatic carbocycles. The van der Waals surface area contributed by atoms with Crippen LogP contribution in [0.1, 0.15) is 15.9 Å². The van der Waals surface area contributed by atoms with Crippen molar-refractivity contribution in [2.45, 2.75) is 6.18 Å². The van der Waals surface area contributed by atoms with Crippen molar-refractivity contribution in [3.63, 3.8) is 0 Å². The Morgan fingerprint density at radius 1 is 1.00 bits per heavy atom. The van der Waals surface area contributed by atoms with Gasteiger partial charge < -0.3 is 5.32 Å². The Hall–Kier alpha value is -3.26. The van der Waals surface area contributed by atoms with Crippen LogP contribution in [0.4, 0.5) is 18.9 Å². The van der Waals surface area contributed by atoms with Gasteiger partial charge in [0.15, 0.2) is 0 Å². The van der Waals surface area contributed by atoms with Gasteiger partial charge in [-0.25, -0.2) is 9.97 Å². The first-order valence-electron chi connectivity index (χ1n) is 8.21. The van der Waals surface area contributed by atoms with Gasteiger partial charge in [-0.15, -0.1) is 0 Å². The molecule has 2 heterocycles. The van der Waals surface area contributed by atoms with Gasteiger partial charge in [-0.05, 0) is 54.6 Å². The van der Waals surface area contributed by atoms with E-state index in [1.807, 2.05) is 12.1 Å². The third-order valence-electron chi connectivity index (χ3n) is 4.01. The summed E-state index contributed by atoms with van der Waals surface area (Å²) in [5, 5.41) is 3.40. The highest BCUT2D eigenvalue weighted by atomic mass is 32.1. The van der Waals surface area contributed by atoms with Gasteiger partial charge in [-0.3, -0.25) is 4.79 Å². The molecule has 0 aliphatic rings. The van der Waals surface area contributed by atoms with Gasteiger partial charge in [0.1, 0.15) is 15.4 Å². The SMILES string of the molecule is O=C(Nc1ccc(-c2nc3cccnc3s2)cc1)c1cccc(C(F)(F)F)c1. The largest absolute Gasteiger partial charge is 0.416 e. The maximum atomic E-state index is 12.8. The first-order valence-corrected chi connectivity index (χ1v) is 9.02. The molecule has 0 fully saturated rings. The monoisotopic (exact) mass is 399 g/mol. The second kappa shape index (κ2) is 7.05. The number of amides is 1. The molecule has 0 aliphatic heterocycles. The molecule has 0 saturated carbocycles. The minimum absolute atomic E-state index is 0.0591. The Kier molecular flexibility index (Phi) is 4.56. The number of hydrogen-bond donors (Lipinski definition) is 1. The number of rotatable bonds is 3. The lowest BCUT2D eigenvalue weighted by Crippen LogP contribution is -2.13. The maximum Gasteiger partial charge on any atom is 0.416 e. The number of hydrogen-bond acceptors (Lipinski definition) is 4. The van der Waals surface area contributed by atoms with E-state index in [9.17, 15) is 18.0 Å². The summed E-state index contributed by atoms with van der Waals surface area (Å²) in [5.41, 5.74) is 1.23. The van der Waals surface area contributed by atoms with E-state index < -0.39 is 17.6 Å². The van der Waals surface area contributed by atoms with Crippen LogP contribution in [0.15, 0.2) is 66.9 Å². The third-order valence-corrected chi connectivity index (χ3v) is 5.04. The van der Waals surface area contributed by atoms with Crippen molar-refractivity contribution >= 4 is 33.3 Å². The van der Waals surface area contributed by atoms with E-state index in [0.717, 1.165) is 33.1 Å². The number of nitrogens with zero attached hydrogens (tertiary/aromatic N) is 2. The molecule has 28 heavy (non-hydrogen) atoms. The molecule has 0 spiro atoms. The fraction of sp³-hybridized carbons (Fsp3) is 0.0500. The molecule has 0 bridgehead atoms. The lowest BCUT2D eigenvalue weighted by Gasteiger charge is -2.09. The van der Waals surface area contributed by atoms with E-state index in [2.05, 4.69) is 15.3 Å². The van der Waals surface area contributed by atoms with Crippen LogP contribution in [-0.2, 0) is 6.18 Å². The van der Waals surface area contributed by atoms with Gasteiger partial charge >= 0.3 is 6.18 Å². The highest BCUT2D eigenvalue weighted by Gasteiger charge is 2.30. The zero-order valence-corrected chi connectivity index (χ0v) is 15.0. The number of carbonyl (C=O) groups excluding carboxylic acids is 1. The van der Waals surface area contributed by atoms with Gasteiger partial charge in [-0.1, -0.05) is 17.4 Å². The van der Waals surface area contributed by atoms with Crippen LogP contribution in [0, 0.1) is 0 Å². The van der Waals surface area contributed by atoms with Crippen molar-refractivity contribution in [1.29, 1.82) is 0 Å². The van der Waals surface area contributed by atoms with Crippen molar-refractivity contribution in [2.24, 2.45) is 0 Å². The summed E-state index contributed by atoms with van der Waals surface area (Å²) in [6.45, 7) is 0. The second-order valence-electron chi connectivity index (χ2n) is 5.96. The quantitative estimate of drug-likeness (QED) is 0.486. The number of nitrogens with one attached hydrogen (secondary N) is 1. The lowest BCUT2D eigenvalue weighted by molar-refractivity contribution is -0.137. The van der Waals surface area contributed by atoms with Crippen molar-refractivity contribution in [2.75, 3.05) is 5.32 Å². The Morgan fingerprint density at radius 3 is 2.50 bits per heavy atom. The molecular weight excluding hydrogens is 387 g/mol. The summed E-state index contributed by atoms with van der Waals surface area (Å²) in [4.78, 5) is 21.9.